The number of carboxylic acid groups (broad SMARTS) is 1. The molecular formula is C23H32ClN3O3. The number of halogens is 1. The highest BCUT2D eigenvalue weighted by molar-refractivity contribution is 6.32. The Morgan fingerprint density at radius 1 is 1.27 bits per heavy atom. The summed E-state index contributed by atoms with van der Waals surface area (Å²) in [7, 11) is 0. The Morgan fingerprint density at radius 2 is 1.97 bits per heavy atom. The first-order valence-corrected chi connectivity index (χ1v) is 11.9. The lowest BCUT2D eigenvalue weighted by molar-refractivity contribution is -0.151. The van der Waals surface area contributed by atoms with E-state index in [0.29, 0.717) is 29.5 Å². The molecule has 0 saturated heterocycles. The number of aliphatic carboxylic acids is 1. The minimum absolute atomic E-state index is 0.196. The van der Waals surface area contributed by atoms with Crippen LogP contribution in [0.2, 0.25) is 5.02 Å². The number of nitrogens with zero attached hydrogens (tertiary/aromatic N) is 2. The van der Waals surface area contributed by atoms with Crippen LogP contribution in [0.5, 0.6) is 0 Å². The van der Waals surface area contributed by atoms with Crippen LogP contribution < -0.4 is 10.9 Å². The summed E-state index contributed by atoms with van der Waals surface area (Å²) in [6.45, 7) is 2.25. The Morgan fingerprint density at radius 3 is 2.63 bits per heavy atom. The van der Waals surface area contributed by atoms with Gasteiger partial charge in [-0.15, -0.1) is 0 Å². The fourth-order valence-corrected chi connectivity index (χ4v) is 7.96. The molecule has 0 aliphatic heterocycles. The average Bonchev–Trinajstić information content (AvgIpc) is 2.65. The van der Waals surface area contributed by atoms with E-state index in [1.54, 1.807) is 10.9 Å². The Balaban J connectivity index is 1.46. The molecule has 6 nitrogen and oxygen atoms in total. The van der Waals surface area contributed by atoms with Crippen molar-refractivity contribution in [3.05, 3.63) is 21.6 Å². The van der Waals surface area contributed by atoms with E-state index in [-0.39, 0.29) is 28.0 Å². The van der Waals surface area contributed by atoms with E-state index < -0.39 is 5.97 Å². The largest absolute Gasteiger partial charge is 0.481 e. The van der Waals surface area contributed by atoms with Crippen LogP contribution in [0, 0.1) is 23.2 Å². The van der Waals surface area contributed by atoms with Gasteiger partial charge in [-0.05, 0) is 74.5 Å². The van der Waals surface area contributed by atoms with E-state index in [1.807, 2.05) is 0 Å². The smallest absolute Gasteiger partial charge is 0.303 e. The lowest BCUT2D eigenvalue weighted by Crippen LogP contribution is -2.59. The summed E-state index contributed by atoms with van der Waals surface area (Å²) < 4.78 is 1.64. The number of aromatic nitrogens is 2. The van der Waals surface area contributed by atoms with Crippen molar-refractivity contribution < 1.29 is 9.90 Å². The number of anilines is 1. The molecule has 0 radical (unpaired) electrons. The molecule has 5 aliphatic rings. The van der Waals surface area contributed by atoms with Crippen LogP contribution in [0.25, 0.3) is 0 Å². The molecule has 1 heterocycles. The first kappa shape index (κ1) is 20.3. The third kappa shape index (κ3) is 3.35. The highest BCUT2D eigenvalue weighted by atomic mass is 35.5. The molecule has 0 aromatic carbocycles. The lowest BCUT2D eigenvalue weighted by atomic mass is 9.46. The Kier molecular flexibility index (Phi) is 4.92. The van der Waals surface area contributed by atoms with Gasteiger partial charge in [-0.1, -0.05) is 31.4 Å². The van der Waals surface area contributed by atoms with Gasteiger partial charge in [0.15, 0.2) is 0 Å². The molecule has 30 heavy (non-hydrogen) atoms. The Bertz CT molecular complexity index is 899. The van der Waals surface area contributed by atoms with Crippen molar-refractivity contribution in [3.63, 3.8) is 0 Å². The van der Waals surface area contributed by atoms with Gasteiger partial charge in [0.25, 0.3) is 5.56 Å². The molecule has 7 heteroatoms. The number of carbonyl (C=O) groups is 1. The second kappa shape index (κ2) is 7.25. The number of carboxylic acids is 1. The van der Waals surface area contributed by atoms with Gasteiger partial charge >= 0.3 is 5.97 Å². The minimum Gasteiger partial charge on any atom is -0.481 e. The summed E-state index contributed by atoms with van der Waals surface area (Å²) in [5, 5.41) is 17.9. The SMILES string of the molecule is C[C@@H]1CCCC[C@H]1Nc1cnn(C23C[C@H]4C[C@@H](CC(CC(=O)O)(C4)C2)C3)c(=O)c1Cl. The molecule has 0 unspecified atom stereocenters. The summed E-state index contributed by atoms with van der Waals surface area (Å²) in [6, 6.07) is 0.326. The van der Waals surface area contributed by atoms with Crippen LogP contribution in [-0.2, 0) is 10.3 Å². The molecule has 5 saturated carbocycles. The van der Waals surface area contributed by atoms with Crippen LogP contribution in [-0.4, -0.2) is 26.9 Å². The van der Waals surface area contributed by atoms with E-state index in [0.717, 1.165) is 44.9 Å². The molecular weight excluding hydrogens is 402 g/mol. The van der Waals surface area contributed by atoms with Gasteiger partial charge in [0.1, 0.15) is 5.02 Å². The standard InChI is InChI=1S/C23H32ClN3O3/c1-14-4-2-3-5-17(14)26-18-12-25-27(21(30)20(18)24)23-9-15-6-16(10-23)8-22(7-15,13-23)11-19(28)29/h12,14-17,26H,2-11,13H2,1H3,(H,28,29)/t14-,15+,16+,17-,22?,23?/m1/s1. The summed E-state index contributed by atoms with van der Waals surface area (Å²) in [5.74, 6) is 0.792. The van der Waals surface area contributed by atoms with E-state index >= 15 is 0 Å². The summed E-state index contributed by atoms with van der Waals surface area (Å²) in [6.07, 6.45) is 12.3. The van der Waals surface area contributed by atoms with Gasteiger partial charge in [0, 0.05) is 6.04 Å². The van der Waals surface area contributed by atoms with Crippen molar-refractivity contribution in [1.82, 2.24) is 9.78 Å². The Labute approximate surface area is 182 Å². The van der Waals surface area contributed by atoms with Gasteiger partial charge in [-0.3, -0.25) is 9.59 Å². The van der Waals surface area contributed by atoms with Crippen LogP contribution >= 0.6 is 11.6 Å². The van der Waals surface area contributed by atoms with E-state index in [9.17, 15) is 14.7 Å². The van der Waals surface area contributed by atoms with Crippen molar-refractivity contribution >= 4 is 23.3 Å². The second-order valence-corrected chi connectivity index (χ2v) is 11.2. The van der Waals surface area contributed by atoms with Crippen LogP contribution in [0.15, 0.2) is 11.0 Å². The number of nitrogens with one attached hydrogen (secondary N) is 1. The normalized spacial score (nSPS) is 39.8. The van der Waals surface area contributed by atoms with Gasteiger partial charge in [-0.25, -0.2) is 4.68 Å². The maximum atomic E-state index is 13.4. The van der Waals surface area contributed by atoms with E-state index in [4.69, 9.17) is 11.6 Å². The zero-order chi connectivity index (χ0) is 21.1. The third-order valence-electron chi connectivity index (χ3n) is 8.50. The van der Waals surface area contributed by atoms with Crippen molar-refractivity contribution in [1.29, 1.82) is 0 Å². The van der Waals surface area contributed by atoms with Gasteiger partial charge in [0.05, 0.1) is 23.8 Å². The van der Waals surface area contributed by atoms with Crippen LogP contribution in [0.3, 0.4) is 0 Å². The van der Waals surface area contributed by atoms with Crippen LogP contribution in [0.4, 0.5) is 5.69 Å². The van der Waals surface area contributed by atoms with Crippen molar-refractivity contribution in [3.8, 4) is 0 Å². The zero-order valence-corrected chi connectivity index (χ0v) is 18.5. The molecule has 4 atom stereocenters. The predicted molar refractivity (Wildman–Crippen MR) is 116 cm³/mol. The predicted octanol–water partition coefficient (Wildman–Crippen LogP) is 4.66. The van der Waals surface area contributed by atoms with E-state index in [2.05, 4.69) is 17.3 Å². The third-order valence-corrected chi connectivity index (χ3v) is 8.86. The lowest BCUT2D eigenvalue weighted by Gasteiger charge is -2.61. The molecule has 1 aromatic heterocycles. The molecule has 5 fully saturated rings. The van der Waals surface area contributed by atoms with Gasteiger partial charge in [0.2, 0.25) is 0 Å². The first-order valence-electron chi connectivity index (χ1n) is 11.6. The maximum Gasteiger partial charge on any atom is 0.303 e. The average molecular weight is 434 g/mol. The molecule has 0 amide bonds. The molecule has 164 valence electrons. The number of rotatable bonds is 5. The van der Waals surface area contributed by atoms with Gasteiger partial charge < -0.3 is 10.4 Å². The molecule has 6 rings (SSSR count). The quantitative estimate of drug-likeness (QED) is 0.705. The zero-order valence-electron chi connectivity index (χ0n) is 17.7. The van der Waals surface area contributed by atoms with Crippen molar-refractivity contribution in [2.75, 3.05) is 5.32 Å². The van der Waals surface area contributed by atoms with E-state index in [1.165, 1.54) is 19.3 Å². The van der Waals surface area contributed by atoms with Crippen molar-refractivity contribution in [2.45, 2.75) is 89.1 Å². The molecule has 1 aromatic rings. The highest BCUT2D eigenvalue weighted by Gasteiger charge is 2.59. The highest BCUT2D eigenvalue weighted by Crippen LogP contribution is 2.65. The minimum atomic E-state index is -0.730. The first-order chi connectivity index (χ1) is 14.3. The monoisotopic (exact) mass is 433 g/mol. The summed E-state index contributed by atoms with van der Waals surface area (Å²) in [4.78, 5) is 25.0. The summed E-state index contributed by atoms with van der Waals surface area (Å²) >= 11 is 6.59. The molecule has 0 spiro atoms. The maximum absolute atomic E-state index is 13.4. The topological polar surface area (TPSA) is 84.2 Å². The van der Waals surface area contributed by atoms with Gasteiger partial charge in [-0.2, -0.15) is 5.10 Å². The van der Waals surface area contributed by atoms with Crippen LogP contribution in [0.1, 0.15) is 77.6 Å². The number of hydrogen-bond donors (Lipinski definition) is 2. The molecule has 5 aliphatic carbocycles. The second-order valence-electron chi connectivity index (χ2n) is 10.9. The fraction of sp³-hybridized carbons (Fsp3) is 0.783. The summed E-state index contributed by atoms with van der Waals surface area (Å²) in [5.41, 5.74) is -0.159. The van der Waals surface area contributed by atoms with Crippen molar-refractivity contribution in [2.24, 2.45) is 23.2 Å². The Hall–Kier alpha value is -1.56. The fourth-order valence-electron chi connectivity index (χ4n) is 7.78. The molecule has 2 N–H and O–H groups in total. The molecule has 4 bridgehead atoms. The number of hydrogen-bond acceptors (Lipinski definition) is 4.